The number of nitrogens with zero attached hydrogens (tertiary/aromatic N) is 2. The van der Waals surface area contributed by atoms with Crippen molar-refractivity contribution in [3.05, 3.63) is 280 Å². The van der Waals surface area contributed by atoms with Gasteiger partial charge in [0.2, 0.25) is 0 Å². The zero-order valence-electron chi connectivity index (χ0n) is 42.9. The minimum atomic E-state index is 0.855. The lowest BCUT2D eigenvalue weighted by molar-refractivity contribution is 1.19. The van der Waals surface area contributed by atoms with Crippen LogP contribution in [0.4, 0.5) is 28.4 Å². The molecule has 0 aliphatic heterocycles. The number of rotatable bonds is 12. The Bertz CT molecular complexity index is 3660. The lowest BCUT2D eigenvalue weighted by Gasteiger charge is -2.30. The number of aryl methyl sites for hydroxylation is 8. The van der Waals surface area contributed by atoms with Crippen LogP contribution in [0.1, 0.15) is 61.2 Å². The highest BCUT2D eigenvalue weighted by Gasteiger charge is 2.23. The molecule has 0 radical (unpaired) electrons. The molecule has 0 amide bonds. The Morgan fingerprint density at radius 2 is 0.889 bits per heavy atom. The van der Waals surface area contributed by atoms with E-state index in [0.717, 1.165) is 78.3 Å². The topological polar surface area (TPSA) is 6.48 Å². The van der Waals surface area contributed by atoms with E-state index in [0.29, 0.717) is 0 Å². The van der Waals surface area contributed by atoms with Crippen molar-refractivity contribution in [3.63, 3.8) is 0 Å². The summed E-state index contributed by atoms with van der Waals surface area (Å²) < 4.78 is 0. The van der Waals surface area contributed by atoms with E-state index < -0.39 is 0 Å². The molecule has 0 spiro atoms. The molecule has 2 heteroatoms. The van der Waals surface area contributed by atoms with Crippen molar-refractivity contribution in [2.75, 3.05) is 9.80 Å². The van der Waals surface area contributed by atoms with Gasteiger partial charge in [-0.25, -0.2) is 0 Å². The maximum Gasteiger partial charge on any atom is 0.0546 e. The van der Waals surface area contributed by atoms with Crippen LogP contribution in [0.3, 0.4) is 0 Å². The highest BCUT2D eigenvalue weighted by molar-refractivity contribution is 6.09. The molecule has 0 saturated carbocycles. The summed E-state index contributed by atoms with van der Waals surface area (Å²) in [6.45, 7) is 26.6. The van der Waals surface area contributed by atoms with Gasteiger partial charge in [0.25, 0.3) is 0 Å². The molecule has 0 bridgehead atoms. The Morgan fingerprint density at radius 1 is 0.417 bits per heavy atom. The van der Waals surface area contributed by atoms with E-state index >= 15 is 0 Å². The standard InChI is InChI=1S/C70H62N2/c1-11-12-21-65-66(68(59-25-23-55-18-14-16-20-57(55)42-59)40-53(10)71(61-32-45(2)28-46(3)33-61)62-34-47(4)29-48(5)35-62)26-27-67-69(65)43-60(58-24-22-54-17-13-15-19-56(54)41-58)44-70(67)72(63-36-49(6)30-50(7)37-63)64-38-51(8)31-52(9)39-64/h11-44H,1,10H2,2-9H3/b21-12-,68-40-. The summed E-state index contributed by atoms with van der Waals surface area (Å²) in [6.07, 6.45) is 8.52. The Balaban J connectivity index is 1.31. The first-order chi connectivity index (χ1) is 34.8. The highest BCUT2D eigenvalue weighted by Crippen LogP contribution is 2.46. The SMILES string of the molecule is C=C/C=C\c1c(/C(=C\C(=C)N(c2cc(C)cc(C)c2)c2cc(C)cc(C)c2)c2ccc3ccccc3c2)ccc2c(N(c3cc(C)cc(C)c3)c3cc(C)cc(C)c3)cc(-c3ccc4ccccc4c3)cc12. The van der Waals surface area contributed by atoms with Gasteiger partial charge in [0.1, 0.15) is 0 Å². The molecule has 10 aromatic rings. The van der Waals surface area contributed by atoms with Crippen LogP contribution >= 0.6 is 0 Å². The van der Waals surface area contributed by atoms with Crippen LogP contribution in [-0.4, -0.2) is 0 Å². The summed E-state index contributed by atoms with van der Waals surface area (Å²) >= 11 is 0. The number of hydrogen-bond acceptors (Lipinski definition) is 2. The van der Waals surface area contributed by atoms with E-state index in [1.807, 2.05) is 6.08 Å². The van der Waals surface area contributed by atoms with E-state index in [1.165, 1.54) is 66.1 Å². The molecule has 352 valence electrons. The van der Waals surface area contributed by atoms with Crippen LogP contribution in [0, 0.1) is 55.4 Å². The fourth-order valence-electron chi connectivity index (χ4n) is 10.9. The highest BCUT2D eigenvalue weighted by atomic mass is 15.2. The summed E-state index contributed by atoms with van der Waals surface area (Å²) in [6, 6.07) is 67.7. The van der Waals surface area contributed by atoms with Gasteiger partial charge in [-0.05, 0) is 239 Å². The molecular formula is C70H62N2. The third-order valence-electron chi connectivity index (χ3n) is 13.7. The minimum Gasteiger partial charge on any atom is -0.311 e. The average molecular weight is 931 g/mol. The van der Waals surface area contributed by atoms with Gasteiger partial charge in [-0.15, -0.1) is 0 Å². The van der Waals surface area contributed by atoms with Gasteiger partial charge in [-0.2, -0.15) is 0 Å². The molecule has 2 nitrogen and oxygen atoms in total. The molecule has 0 N–H and O–H groups in total. The number of anilines is 5. The number of hydrogen-bond donors (Lipinski definition) is 0. The van der Waals surface area contributed by atoms with Crippen molar-refractivity contribution in [1.82, 2.24) is 0 Å². The first kappa shape index (κ1) is 47.2. The Hall–Kier alpha value is -8.46. The summed E-state index contributed by atoms with van der Waals surface area (Å²) in [7, 11) is 0. The van der Waals surface area contributed by atoms with Crippen LogP contribution in [0.2, 0.25) is 0 Å². The Kier molecular flexibility index (Phi) is 12.9. The third kappa shape index (κ3) is 9.69. The van der Waals surface area contributed by atoms with Crippen molar-refractivity contribution >= 4 is 72.4 Å². The molecule has 0 heterocycles. The number of fused-ring (bicyclic) bond motifs is 3. The summed E-state index contributed by atoms with van der Waals surface area (Å²) in [5, 5.41) is 7.05. The van der Waals surface area contributed by atoms with Crippen LogP contribution in [0.5, 0.6) is 0 Å². The van der Waals surface area contributed by atoms with Crippen LogP contribution in [0.15, 0.2) is 219 Å². The summed E-state index contributed by atoms with van der Waals surface area (Å²) in [5.41, 5.74) is 22.6. The lowest BCUT2D eigenvalue weighted by Crippen LogP contribution is -2.16. The third-order valence-corrected chi connectivity index (χ3v) is 13.7. The fraction of sp³-hybridized carbons (Fsp3) is 0.114. The molecule has 10 rings (SSSR count). The van der Waals surface area contributed by atoms with E-state index in [4.69, 9.17) is 6.58 Å². The monoisotopic (exact) mass is 930 g/mol. The van der Waals surface area contributed by atoms with Crippen molar-refractivity contribution < 1.29 is 0 Å². The minimum absolute atomic E-state index is 0.855. The van der Waals surface area contributed by atoms with Crippen LogP contribution in [0.25, 0.3) is 55.1 Å². The van der Waals surface area contributed by atoms with Crippen molar-refractivity contribution in [2.24, 2.45) is 0 Å². The van der Waals surface area contributed by atoms with Crippen molar-refractivity contribution in [3.8, 4) is 11.1 Å². The van der Waals surface area contributed by atoms with Gasteiger partial charge in [-0.1, -0.05) is 141 Å². The van der Waals surface area contributed by atoms with E-state index in [1.54, 1.807) is 0 Å². The molecule has 0 saturated heterocycles. The van der Waals surface area contributed by atoms with E-state index in [9.17, 15) is 0 Å². The fourth-order valence-corrected chi connectivity index (χ4v) is 10.9. The molecule has 10 aromatic carbocycles. The second-order valence-corrected chi connectivity index (χ2v) is 19.9. The normalized spacial score (nSPS) is 11.8. The van der Waals surface area contributed by atoms with E-state index in [2.05, 4.69) is 272 Å². The van der Waals surface area contributed by atoms with Gasteiger partial charge < -0.3 is 9.80 Å². The molecule has 0 fully saturated rings. The molecule has 0 aliphatic carbocycles. The van der Waals surface area contributed by atoms with Gasteiger partial charge in [0.05, 0.1) is 5.69 Å². The van der Waals surface area contributed by atoms with Crippen LogP contribution in [-0.2, 0) is 0 Å². The molecule has 72 heavy (non-hydrogen) atoms. The molecule has 0 aliphatic rings. The smallest absolute Gasteiger partial charge is 0.0546 e. The predicted molar refractivity (Wildman–Crippen MR) is 314 cm³/mol. The molecule has 0 aromatic heterocycles. The lowest BCUT2D eigenvalue weighted by atomic mass is 9.86. The summed E-state index contributed by atoms with van der Waals surface area (Å²) in [5.74, 6) is 0. The Morgan fingerprint density at radius 3 is 1.40 bits per heavy atom. The largest absolute Gasteiger partial charge is 0.311 e. The zero-order valence-corrected chi connectivity index (χ0v) is 42.9. The van der Waals surface area contributed by atoms with Crippen molar-refractivity contribution in [1.29, 1.82) is 0 Å². The van der Waals surface area contributed by atoms with Gasteiger partial charge in [0.15, 0.2) is 0 Å². The maximum atomic E-state index is 4.95. The first-order valence-corrected chi connectivity index (χ1v) is 25.0. The average Bonchev–Trinajstić information content (AvgIpc) is 3.33. The van der Waals surface area contributed by atoms with Crippen LogP contribution < -0.4 is 9.80 Å². The van der Waals surface area contributed by atoms with E-state index in [-0.39, 0.29) is 0 Å². The number of benzene rings is 10. The Labute approximate surface area is 426 Å². The first-order valence-electron chi connectivity index (χ1n) is 25.0. The molecule has 0 unspecified atom stereocenters. The second kappa shape index (κ2) is 19.7. The summed E-state index contributed by atoms with van der Waals surface area (Å²) in [4.78, 5) is 4.80. The zero-order chi connectivity index (χ0) is 50.2. The van der Waals surface area contributed by atoms with Gasteiger partial charge in [0, 0.05) is 33.8 Å². The second-order valence-electron chi connectivity index (χ2n) is 19.9. The predicted octanol–water partition coefficient (Wildman–Crippen LogP) is 19.7. The quantitative estimate of drug-likeness (QED) is 0.113. The maximum absolute atomic E-state index is 4.95. The van der Waals surface area contributed by atoms with Gasteiger partial charge in [-0.3, -0.25) is 0 Å². The van der Waals surface area contributed by atoms with Crippen molar-refractivity contribution in [2.45, 2.75) is 55.4 Å². The molecular weight excluding hydrogens is 869 g/mol. The van der Waals surface area contributed by atoms with Gasteiger partial charge >= 0.3 is 0 Å². The number of allylic oxidation sites excluding steroid dienone is 3. The molecule has 0 atom stereocenters.